The number of benzene rings is 1. The molecule has 0 saturated carbocycles. The summed E-state index contributed by atoms with van der Waals surface area (Å²) in [5.74, 6) is 2.51. The fraction of sp³-hybridized carbons (Fsp3) is 0.273. The second-order valence-corrected chi connectivity index (χ2v) is 2.85. The van der Waals surface area contributed by atoms with Crippen LogP contribution < -0.4 is 11.1 Å². The van der Waals surface area contributed by atoms with E-state index in [2.05, 4.69) is 11.2 Å². The Balaban J connectivity index is 2.41. The van der Waals surface area contributed by atoms with Crippen LogP contribution in [0.4, 0.5) is 0 Å². The minimum atomic E-state index is 0.0227. The molecule has 0 radical (unpaired) electrons. The van der Waals surface area contributed by atoms with Gasteiger partial charge in [0.25, 0.3) is 0 Å². The zero-order valence-corrected chi connectivity index (χ0v) is 7.53. The molecule has 1 rings (SSSR count). The van der Waals surface area contributed by atoms with E-state index >= 15 is 0 Å². The maximum atomic E-state index is 5.90. The maximum Gasteiger partial charge on any atom is 0.0574 e. The molecule has 0 aliphatic heterocycles. The topological polar surface area (TPSA) is 38.0 Å². The molecule has 1 aromatic rings. The summed E-state index contributed by atoms with van der Waals surface area (Å²) in [7, 11) is 0. The molecule has 3 N–H and O–H groups in total. The van der Waals surface area contributed by atoms with Gasteiger partial charge in [0.1, 0.15) is 0 Å². The smallest absolute Gasteiger partial charge is 0.0574 e. The predicted molar refractivity (Wildman–Crippen MR) is 55.1 cm³/mol. The van der Waals surface area contributed by atoms with Crippen LogP contribution in [0, 0.1) is 12.3 Å². The van der Waals surface area contributed by atoms with Gasteiger partial charge in [0.05, 0.1) is 6.54 Å². The van der Waals surface area contributed by atoms with E-state index in [-0.39, 0.29) is 6.04 Å². The highest BCUT2D eigenvalue weighted by Crippen LogP contribution is 2.07. The average molecular weight is 174 g/mol. The van der Waals surface area contributed by atoms with Crippen molar-refractivity contribution in [3.05, 3.63) is 35.9 Å². The van der Waals surface area contributed by atoms with Crippen LogP contribution in [-0.2, 0) is 0 Å². The SMILES string of the molecule is C#CCNC[C@H](N)c1ccccc1. The number of nitrogens with two attached hydrogens (primary N) is 1. The summed E-state index contributed by atoms with van der Waals surface area (Å²) >= 11 is 0. The molecule has 0 aliphatic rings. The van der Waals surface area contributed by atoms with Crippen molar-refractivity contribution in [3.8, 4) is 12.3 Å². The van der Waals surface area contributed by atoms with Gasteiger partial charge in [-0.1, -0.05) is 36.3 Å². The number of hydrogen-bond acceptors (Lipinski definition) is 2. The largest absolute Gasteiger partial charge is 0.323 e. The van der Waals surface area contributed by atoms with Crippen LogP contribution in [0.25, 0.3) is 0 Å². The predicted octanol–water partition coefficient (Wildman–Crippen LogP) is 0.909. The van der Waals surface area contributed by atoms with Crippen molar-refractivity contribution in [2.24, 2.45) is 5.73 Å². The Labute approximate surface area is 79.1 Å². The van der Waals surface area contributed by atoms with Crippen LogP contribution in [0.1, 0.15) is 11.6 Å². The first kappa shape index (κ1) is 9.79. The number of hydrogen-bond donors (Lipinski definition) is 2. The molecule has 0 heterocycles. The third-order valence-electron chi connectivity index (χ3n) is 1.82. The summed E-state index contributed by atoms with van der Waals surface area (Å²) in [4.78, 5) is 0. The van der Waals surface area contributed by atoms with Crippen molar-refractivity contribution >= 4 is 0 Å². The van der Waals surface area contributed by atoms with Crippen molar-refractivity contribution in [3.63, 3.8) is 0 Å². The van der Waals surface area contributed by atoms with Gasteiger partial charge in [-0.2, -0.15) is 0 Å². The Kier molecular flexibility index (Phi) is 4.04. The van der Waals surface area contributed by atoms with Crippen LogP contribution in [0.15, 0.2) is 30.3 Å². The summed E-state index contributed by atoms with van der Waals surface area (Å²) in [6.07, 6.45) is 5.10. The van der Waals surface area contributed by atoms with Crippen molar-refractivity contribution < 1.29 is 0 Å². The Morgan fingerprint density at radius 2 is 2.08 bits per heavy atom. The van der Waals surface area contributed by atoms with E-state index in [9.17, 15) is 0 Å². The van der Waals surface area contributed by atoms with E-state index in [0.29, 0.717) is 13.1 Å². The standard InChI is InChI=1S/C11H14N2/c1-2-8-13-9-11(12)10-6-4-3-5-7-10/h1,3-7,11,13H,8-9,12H2/t11-/m0/s1. The van der Waals surface area contributed by atoms with Crippen molar-refractivity contribution in [2.45, 2.75) is 6.04 Å². The lowest BCUT2D eigenvalue weighted by molar-refractivity contribution is 0.634. The highest BCUT2D eigenvalue weighted by atomic mass is 14.9. The molecule has 0 spiro atoms. The van der Waals surface area contributed by atoms with Crippen LogP contribution in [-0.4, -0.2) is 13.1 Å². The van der Waals surface area contributed by atoms with Crippen LogP contribution in [0.5, 0.6) is 0 Å². The van der Waals surface area contributed by atoms with Gasteiger partial charge in [-0.25, -0.2) is 0 Å². The quantitative estimate of drug-likeness (QED) is 0.526. The Hall–Kier alpha value is -1.30. The lowest BCUT2D eigenvalue weighted by Gasteiger charge is -2.11. The van der Waals surface area contributed by atoms with E-state index in [1.807, 2.05) is 30.3 Å². The van der Waals surface area contributed by atoms with Gasteiger partial charge in [-0.15, -0.1) is 6.42 Å². The third kappa shape index (κ3) is 3.29. The Morgan fingerprint density at radius 3 is 2.69 bits per heavy atom. The summed E-state index contributed by atoms with van der Waals surface area (Å²) in [5, 5.41) is 3.07. The minimum absolute atomic E-state index is 0.0227. The lowest BCUT2D eigenvalue weighted by atomic mass is 10.1. The molecule has 68 valence electrons. The maximum absolute atomic E-state index is 5.90. The highest BCUT2D eigenvalue weighted by molar-refractivity contribution is 5.18. The van der Waals surface area contributed by atoms with Crippen LogP contribution in [0.3, 0.4) is 0 Å². The monoisotopic (exact) mass is 174 g/mol. The van der Waals surface area contributed by atoms with E-state index in [1.54, 1.807) is 0 Å². The second kappa shape index (κ2) is 5.36. The molecular formula is C11H14N2. The van der Waals surface area contributed by atoms with Gasteiger partial charge in [-0.05, 0) is 5.56 Å². The first-order valence-corrected chi connectivity index (χ1v) is 4.29. The zero-order valence-electron chi connectivity index (χ0n) is 7.53. The van der Waals surface area contributed by atoms with E-state index in [4.69, 9.17) is 12.2 Å². The molecule has 0 aromatic heterocycles. The van der Waals surface area contributed by atoms with Crippen molar-refractivity contribution in [1.82, 2.24) is 5.32 Å². The summed E-state index contributed by atoms with van der Waals surface area (Å²) in [6, 6.07) is 10.00. The van der Waals surface area contributed by atoms with Crippen LogP contribution in [0.2, 0.25) is 0 Å². The van der Waals surface area contributed by atoms with Gasteiger partial charge in [0.15, 0.2) is 0 Å². The second-order valence-electron chi connectivity index (χ2n) is 2.85. The van der Waals surface area contributed by atoms with E-state index < -0.39 is 0 Å². The molecule has 0 saturated heterocycles. The molecule has 1 atom stereocenters. The molecule has 0 bridgehead atoms. The van der Waals surface area contributed by atoms with Gasteiger partial charge in [-0.3, -0.25) is 0 Å². The van der Waals surface area contributed by atoms with E-state index in [0.717, 1.165) is 5.56 Å². The molecule has 0 unspecified atom stereocenters. The molecular weight excluding hydrogens is 160 g/mol. The van der Waals surface area contributed by atoms with E-state index in [1.165, 1.54) is 0 Å². The third-order valence-corrected chi connectivity index (χ3v) is 1.82. The summed E-state index contributed by atoms with van der Waals surface area (Å²) in [5.41, 5.74) is 7.04. The minimum Gasteiger partial charge on any atom is -0.323 e. The van der Waals surface area contributed by atoms with Crippen molar-refractivity contribution in [2.75, 3.05) is 13.1 Å². The first-order valence-electron chi connectivity index (χ1n) is 4.29. The number of terminal acetylenes is 1. The Bertz CT molecular complexity index is 274. The normalized spacial score (nSPS) is 12.0. The molecule has 0 fully saturated rings. The van der Waals surface area contributed by atoms with Crippen molar-refractivity contribution in [1.29, 1.82) is 0 Å². The van der Waals surface area contributed by atoms with Gasteiger partial charge in [0.2, 0.25) is 0 Å². The number of rotatable bonds is 4. The molecule has 0 amide bonds. The zero-order chi connectivity index (χ0) is 9.52. The van der Waals surface area contributed by atoms with Gasteiger partial charge < -0.3 is 11.1 Å². The first-order chi connectivity index (χ1) is 6.34. The van der Waals surface area contributed by atoms with Gasteiger partial charge in [0, 0.05) is 12.6 Å². The highest BCUT2D eigenvalue weighted by Gasteiger charge is 2.02. The molecule has 13 heavy (non-hydrogen) atoms. The molecule has 1 aromatic carbocycles. The fourth-order valence-electron chi connectivity index (χ4n) is 1.12. The van der Waals surface area contributed by atoms with Crippen LogP contribution >= 0.6 is 0 Å². The molecule has 2 nitrogen and oxygen atoms in total. The van der Waals surface area contributed by atoms with Gasteiger partial charge >= 0.3 is 0 Å². The average Bonchev–Trinajstić information content (AvgIpc) is 2.19. The summed E-state index contributed by atoms with van der Waals surface area (Å²) < 4.78 is 0. The molecule has 0 aliphatic carbocycles. The number of nitrogens with one attached hydrogen (secondary N) is 1. The molecule has 2 heteroatoms. The lowest BCUT2D eigenvalue weighted by Crippen LogP contribution is -2.27. The fourth-order valence-corrected chi connectivity index (χ4v) is 1.12. The summed E-state index contributed by atoms with van der Waals surface area (Å²) in [6.45, 7) is 1.29. The Morgan fingerprint density at radius 1 is 1.38 bits per heavy atom.